The van der Waals surface area contributed by atoms with Crippen LogP contribution in [0.15, 0.2) is 23.1 Å². The summed E-state index contributed by atoms with van der Waals surface area (Å²) in [5, 5.41) is 6.31. The zero-order valence-electron chi connectivity index (χ0n) is 13.4. The molecular weight excluding hydrogens is 300 g/mol. The van der Waals surface area contributed by atoms with E-state index >= 15 is 0 Å². The van der Waals surface area contributed by atoms with Crippen LogP contribution >= 0.6 is 0 Å². The Balaban J connectivity index is 1.93. The molecule has 0 bridgehead atoms. The number of nitrogens with zero attached hydrogens (tertiary/aromatic N) is 3. The maximum atomic E-state index is 12.9. The summed E-state index contributed by atoms with van der Waals surface area (Å²) in [6.07, 6.45) is 1.39. The minimum Gasteiger partial charge on any atom is -0.382 e. The molecule has 2 aromatic rings. The third kappa shape index (κ3) is 2.99. The van der Waals surface area contributed by atoms with E-state index in [-0.39, 0.29) is 17.7 Å². The van der Waals surface area contributed by atoms with E-state index in [1.807, 2.05) is 13.8 Å². The van der Waals surface area contributed by atoms with Gasteiger partial charge >= 0.3 is 5.69 Å². The molecule has 1 aliphatic rings. The summed E-state index contributed by atoms with van der Waals surface area (Å²) < 4.78 is 12.4. The van der Waals surface area contributed by atoms with Crippen molar-refractivity contribution in [1.29, 1.82) is 0 Å². The van der Waals surface area contributed by atoms with Crippen LogP contribution in [0, 0.1) is 0 Å². The van der Waals surface area contributed by atoms with Crippen molar-refractivity contribution in [3.8, 4) is 0 Å². The number of aromatic amines is 1. The maximum Gasteiger partial charge on any atom is 0.347 e. The van der Waals surface area contributed by atoms with Crippen molar-refractivity contribution < 1.29 is 14.3 Å². The van der Waals surface area contributed by atoms with Crippen LogP contribution in [0.25, 0.3) is 5.65 Å². The fraction of sp³-hybridized carbons (Fsp3) is 0.533. The Morgan fingerprint density at radius 1 is 1.57 bits per heavy atom. The van der Waals surface area contributed by atoms with E-state index in [1.165, 1.54) is 4.40 Å². The zero-order chi connectivity index (χ0) is 16.6. The second kappa shape index (κ2) is 5.78. The van der Waals surface area contributed by atoms with Crippen LogP contribution in [-0.4, -0.2) is 63.9 Å². The average Bonchev–Trinajstić information content (AvgIpc) is 2.87. The lowest BCUT2D eigenvalue weighted by molar-refractivity contribution is -0.143. The molecule has 1 aliphatic heterocycles. The Labute approximate surface area is 133 Å². The van der Waals surface area contributed by atoms with E-state index in [0.717, 1.165) is 0 Å². The van der Waals surface area contributed by atoms with Crippen LogP contribution in [0.2, 0.25) is 0 Å². The lowest BCUT2D eigenvalue weighted by atomic mass is 10.0. The average molecular weight is 320 g/mol. The van der Waals surface area contributed by atoms with Gasteiger partial charge in [0.05, 0.1) is 23.9 Å². The van der Waals surface area contributed by atoms with Crippen molar-refractivity contribution in [1.82, 2.24) is 19.5 Å². The van der Waals surface area contributed by atoms with Crippen molar-refractivity contribution in [2.45, 2.75) is 25.6 Å². The highest BCUT2D eigenvalue weighted by Crippen LogP contribution is 2.23. The van der Waals surface area contributed by atoms with Crippen molar-refractivity contribution in [3.63, 3.8) is 0 Å². The number of amides is 1. The number of pyridine rings is 1. The van der Waals surface area contributed by atoms with E-state index in [1.54, 1.807) is 30.3 Å². The molecule has 1 atom stereocenters. The minimum absolute atomic E-state index is 0.174. The molecule has 1 amide bonds. The first-order valence-corrected chi connectivity index (χ1v) is 7.43. The lowest BCUT2D eigenvalue weighted by Crippen LogP contribution is -2.55. The van der Waals surface area contributed by atoms with E-state index in [9.17, 15) is 9.59 Å². The molecule has 3 heterocycles. The normalized spacial score (nSPS) is 20.8. The summed E-state index contributed by atoms with van der Waals surface area (Å²) in [4.78, 5) is 26.3. The number of rotatable bonds is 3. The number of carbonyl (C=O) groups excluding carboxylic acids is 1. The highest BCUT2D eigenvalue weighted by molar-refractivity contribution is 5.99. The van der Waals surface area contributed by atoms with E-state index < -0.39 is 5.60 Å². The van der Waals surface area contributed by atoms with Gasteiger partial charge in [-0.2, -0.15) is 5.10 Å². The highest BCUT2D eigenvalue weighted by atomic mass is 16.5. The Hall–Kier alpha value is -2.19. The monoisotopic (exact) mass is 320 g/mol. The fourth-order valence-corrected chi connectivity index (χ4v) is 2.99. The Kier molecular flexibility index (Phi) is 3.95. The number of fused-ring (bicyclic) bond motifs is 1. The number of ether oxygens (including phenoxy) is 2. The molecule has 0 aromatic carbocycles. The van der Waals surface area contributed by atoms with Crippen molar-refractivity contribution >= 4 is 11.6 Å². The van der Waals surface area contributed by atoms with Gasteiger partial charge in [-0.15, -0.1) is 0 Å². The van der Waals surface area contributed by atoms with Crippen LogP contribution in [-0.2, 0) is 9.47 Å². The van der Waals surface area contributed by atoms with Crippen LogP contribution in [0.5, 0.6) is 0 Å². The molecule has 0 radical (unpaired) electrons. The van der Waals surface area contributed by atoms with E-state index in [2.05, 4.69) is 10.2 Å². The first-order valence-electron chi connectivity index (χ1n) is 7.43. The van der Waals surface area contributed by atoms with Gasteiger partial charge < -0.3 is 14.4 Å². The third-order valence-electron chi connectivity index (χ3n) is 3.79. The summed E-state index contributed by atoms with van der Waals surface area (Å²) in [5.41, 5.74) is -0.114. The molecule has 8 heteroatoms. The predicted molar refractivity (Wildman–Crippen MR) is 82.5 cm³/mol. The SMILES string of the molecule is COC[C@@H]1CN(C(=O)c2cccn3c(=O)[nH]nc23)CC(C)(C)O1. The van der Waals surface area contributed by atoms with Crippen molar-refractivity contribution in [2.24, 2.45) is 0 Å². The molecular formula is C15H20N4O4. The molecule has 0 saturated carbocycles. The molecule has 124 valence electrons. The first kappa shape index (κ1) is 15.7. The standard InChI is InChI=1S/C15H20N4O4/c1-15(2)9-18(7-10(23-15)8-22-3)13(20)11-5-4-6-19-12(11)16-17-14(19)21/h4-6,10H,7-9H2,1-3H3,(H,17,21)/t10-/m0/s1. The Bertz CT molecular complexity index is 779. The second-order valence-corrected chi connectivity index (χ2v) is 6.28. The molecule has 2 aromatic heterocycles. The molecule has 3 rings (SSSR count). The number of aromatic nitrogens is 3. The number of methoxy groups -OCH3 is 1. The van der Waals surface area contributed by atoms with Gasteiger partial charge in [0, 0.05) is 26.4 Å². The van der Waals surface area contributed by atoms with Gasteiger partial charge in [0.15, 0.2) is 5.65 Å². The molecule has 0 unspecified atom stereocenters. The molecule has 0 spiro atoms. The van der Waals surface area contributed by atoms with Crippen LogP contribution in [0.3, 0.4) is 0 Å². The minimum atomic E-state index is -0.465. The van der Waals surface area contributed by atoms with Gasteiger partial charge in [-0.25, -0.2) is 14.3 Å². The van der Waals surface area contributed by atoms with Gasteiger partial charge in [-0.1, -0.05) is 0 Å². The largest absolute Gasteiger partial charge is 0.382 e. The Morgan fingerprint density at radius 3 is 3.09 bits per heavy atom. The van der Waals surface area contributed by atoms with Gasteiger partial charge in [0.2, 0.25) is 0 Å². The molecule has 8 nitrogen and oxygen atoms in total. The topological polar surface area (TPSA) is 88.9 Å². The summed E-state index contributed by atoms with van der Waals surface area (Å²) in [5.74, 6) is -0.174. The molecule has 0 aliphatic carbocycles. The first-order chi connectivity index (χ1) is 10.9. The number of morpholine rings is 1. The molecule has 23 heavy (non-hydrogen) atoms. The smallest absolute Gasteiger partial charge is 0.347 e. The second-order valence-electron chi connectivity index (χ2n) is 6.28. The number of nitrogens with one attached hydrogen (secondary N) is 1. The van der Waals surface area contributed by atoms with Gasteiger partial charge in [-0.3, -0.25) is 4.79 Å². The van der Waals surface area contributed by atoms with E-state index in [4.69, 9.17) is 9.47 Å². The zero-order valence-corrected chi connectivity index (χ0v) is 13.4. The van der Waals surface area contributed by atoms with Crippen molar-refractivity contribution in [2.75, 3.05) is 26.8 Å². The van der Waals surface area contributed by atoms with Crippen molar-refractivity contribution in [3.05, 3.63) is 34.4 Å². The van der Waals surface area contributed by atoms with E-state index in [0.29, 0.717) is 30.9 Å². The van der Waals surface area contributed by atoms with Crippen LogP contribution < -0.4 is 5.69 Å². The number of hydrogen-bond acceptors (Lipinski definition) is 5. The summed E-state index contributed by atoms with van der Waals surface area (Å²) >= 11 is 0. The number of carbonyl (C=O) groups is 1. The van der Waals surface area contributed by atoms with Gasteiger partial charge in [-0.05, 0) is 26.0 Å². The quantitative estimate of drug-likeness (QED) is 0.878. The number of H-pyrrole nitrogens is 1. The predicted octanol–water partition coefficient (Wildman–Crippen LogP) is 0.289. The molecule has 1 saturated heterocycles. The van der Waals surface area contributed by atoms with Gasteiger partial charge in [0.25, 0.3) is 5.91 Å². The molecule has 1 N–H and O–H groups in total. The summed E-state index contributed by atoms with van der Waals surface area (Å²) in [6, 6.07) is 3.33. The van der Waals surface area contributed by atoms with Crippen LogP contribution in [0.1, 0.15) is 24.2 Å². The third-order valence-corrected chi connectivity index (χ3v) is 3.79. The maximum absolute atomic E-state index is 12.9. The number of hydrogen-bond donors (Lipinski definition) is 1. The highest BCUT2D eigenvalue weighted by Gasteiger charge is 2.36. The lowest BCUT2D eigenvalue weighted by Gasteiger charge is -2.42. The Morgan fingerprint density at radius 2 is 2.35 bits per heavy atom. The van der Waals surface area contributed by atoms with Gasteiger partial charge in [0.1, 0.15) is 0 Å². The summed E-state index contributed by atoms with van der Waals surface area (Å²) in [7, 11) is 1.61. The summed E-state index contributed by atoms with van der Waals surface area (Å²) in [6.45, 7) is 5.19. The fourth-order valence-electron chi connectivity index (χ4n) is 2.99. The molecule has 1 fully saturated rings. The van der Waals surface area contributed by atoms with Crippen LogP contribution in [0.4, 0.5) is 0 Å².